The molecule has 18 heavy (non-hydrogen) atoms. The van der Waals surface area contributed by atoms with Gasteiger partial charge in [0.15, 0.2) is 0 Å². The van der Waals surface area contributed by atoms with E-state index >= 15 is 0 Å². The first-order chi connectivity index (χ1) is 8.70. The summed E-state index contributed by atoms with van der Waals surface area (Å²) < 4.78 is 10.5. The Morgan fingerprint density at radius 3 is 2.72 bits per heavy atom. The normalized spacial score (nSPS) is 17.1. The van der Waals surface area contributed by atoms with Gasteiger partial charge in [0, 0.05) is 37.6 Å². The Hall–Kier alpha value is -1.26. The molecule has 1 fully saturated rings. The summed E-state index contributed by atoms with van der Waals surface area (Å²) in [6.45, 7) is 2.61. The highest BCUT2D eigenvalue weighted by molar-refractivity contribution is 5.51. The quantitative estimate of drug-likeness (QED) is 0.829. The number of nitrogen functional groups attached to an aromatic ring is 1. The number of hydrogen-bond acceptors (Lipinski definition) is 4. The molecular weight excluding hydrogens is 228 g/mol. The number of nitrogens with zero attached hydrogens (tertiary/aromatic N) is 1. The maximum absolute atomic E-state index is 6.04. The molecule has 1 saturated heterocycles. The standard InChI is InChI=1S/C14H22N2O2/c1-16(12-5-7-18-8-6-12)10-11-3-4-13(17-2)9-14(11)15/h3-4,9,12H,5-8,10,15H2,1-2H3. The minimum Gasteiger partial charge on any atom is -0.497 e. The molecule has 0 atom stereocenters. The van der Waals surface area contributed by atoms with Gasteiger partial charge < -0.3 is 15.2 Å². The molecule has 2 N–H and O–H groups in total. The molecule has 0 radical (unpaired) electrons. The van der Waals surface area contributed by atoms with Crippen molar-refractivity contribution in [3.63, 3.8) is 0 Å². The van der Waals surface area contributed by atoms with Crippen molar-refractivity contribution in [3.8, 4) is 5.75 Å². The van der Waals surface area contributed by atoms with E-state index in [0.717, 1.165) is 49.6 Å². The number of anilines is 1. The second-order valence-corrected chi connectivity index (χ2v) is 4.82. The Morgan fingerprint density at radius 1 is 1.39 bits per heavy atom. The van der Waals surface area contributed by atoms with Gasteiger partial charge in [-0.15, -0.1) is 0 Å². The highest BCUT2D eigenvalue weighted by Gasteiger charge is 2.18. The first-order valence-electron chi connectivity index (χ1n) is 6.41. The molecule has 0 aliphatic carbocycles. The molecule has 4 nitrogen and oxygen atoms in total. The predicted octanol–water partition coefficient (Wildman–Crippen LogP) is 1.89. The van der Waals surface area contributed by atoms with Crippen LogP contribution < -0.4 is 10.5 Å². The zero-order valence-corrected chi connectivity index (χ0v) is 11.2. The minimum atomic E-state index is 0.597. The van der Waals surface area contributed by atoms with Crippen LogP contribution in [0.25, 0.3) is 0 Å². The van der Waals surface area contributed by atoms with Crippen LogP contribution in [0.3, 0.4) is 0 Å². The fourth-order valence-electron chi connectivity index (χ4n) is 2.37. The molecule has 0 amide bonds. The molecule has 0 aromatic heterocycles. The summed E-state index contributed by atoms with van der Waals surface area (Å²) in [7, 11) is 3.81. The average molecular weight is 250 g/mol. The molecule has 2 rings (SSSR count). The van der Waals surface area contributed by atoms with Gasteiger partial charge in [0.05, 0.1) is 7.11 Å². The van der Waals surface area contributed by atoms with E-state index in [1.807, 2.05) is 18.2 Å². The Kier molecular flexibility index (Phi) is 4.44. The van der Waals surface area contributed by atoms with E-state index in [9.17, 15) is 0 Å². The lowest BCUT2D eigenvalue weighted by Crippen LogP contribution is -2.36. The Bertz CT molecular complexity index is 389. The van der Waals surface area contributed by atoms with Crippen molar-refractivity contribution in [1.29, 1.82) is 0 Å². The van der Waals surface area contributed by atoms with Crippen LogP contribution in [0.2, 0.25) is 0 Å². The zero-order valence-electron chi connectivity index (χ0n) is 11.2. The maximum Gasteiger partial charge on any atom is 0.120 e. The van der Waals surface area contributed by atoms with Gasteiger partial charge in [-0.3, -0.25) is 4.90 Å². The van der Waals surface area contributed by atoms with Crippen LogP contribution in [0.4, 0.5) is 5.69 Å². The van der Waals surface area contributed by atoms with Crippen molar-refractivity contribution in [1.82, 2.24) is 4.90 Å². The molecule has 1 aromatic rings. The Balaban J connectivity index is 1.99. The van der Waals surface area contributed by atoms with Crippen LogP contribution in [0.1, 0.15) is 18.4 Å². The molecule has 1 aromatic carbocycles. The van der Waals surface area contributed by atoms with Crippen LogP contribution in [0, 0.1) is 0 Å². The number of hydrogen-bond donors (Lipinski definition) is 1. The van der Waals surface area contributed by atoms with Crippen molar-refractivity contribution in [3.05, 3.63) is 23.8 Å². The highest BCUT2D eigenvalue weighted by Crippen LogP contribution is 2.22. The lowest BCUT2D eigenvalue weighted by Gasteiger charge is -2.31. The Morgan fingerprint density at radius 2 is 2.11 bits per heavy atom. The molecule has 1 aliphatic rings. The lowest BCUT2D eigenvalue weighted by molar-refractivity contribution is 0.0407. The fraction of sp³-hybridized carbons (Fsp3) is 0.571. The van der Waals surface area contributed by atoms with Gasteiger partial charge in [-0.25, -0.2) is 0 Å². The fourth-order valence-corrected chi connectivity index (χ4v) is 2.37. The lowest BCUT2D eigenvalue weighted by atomic mass is 10.1. The maximum atomic E-state index is 6.04. The smallest absolute Gasteiger partial charge is 0.120 e. The van der Waals surface area contributed by atoms with Crippen molar-refractivity contribution in [2.24, 2.45) is 0 Å². The number of nitrogens with two attached hydrogens (primary N) is 1. The summed E-state index contributed by atoms with van der Waals surface area (Å²) in [5.41, 5.74) is 8.00. The van der Waals surface area contributed by atoms with Crippen LogP contribution in [-0.2, 0) is 11.3 Å². The van der Waals surface area contributed by atoms with E-state index in [4.69, 9.17) is 15.2 Å². The predicted molar refractivity (Wildman–Crippen MR) is 72.7 cm³/mol. The van der Waals surface area contributed by atoms with Gasteiger partial charge in [0.25, 0.3) is 0 Å². The number of rotatable bonds is 4. The van der Waals surface area contributed by atoms with Gasteiger partial charge >= 0.3 is 0 Å². The zero-order chi connectivity index (χ0) is 13.0. The molecule has 4 heteroatoms. The van der Waals surface area contributed by atoms with Crippen LogP contribution in [0.15, 0.2) is 18.2 Å². The summed E-state index contributed by atoms with van der Waals surface area (Å²) in [6.07, 6.45) is 2.21. The second-order valence-electron chi connectivity index (χ2n) is 4.82. The third-order valence-corrected chi connectivity index (χ3v) is 3.59. The third-order valence-electron chi connectivity index (χ3n) is 3.59. The summed E-state index contributed by atoms with van der Waals surface area (Å²) >= 11 is 0. The van der Waals surface area contributed by atoms with Gasteiger partial charge in [-0.1, -0.05) is 6.07 Å². The summed E-state index contributed by atoms with van der Waals surface area (Å²) in [6, 6.07) is 6.49. The second kappa shape index (κ2) is 6.07. The van der Waals surface area contributed by atoms with Gasteiger partial charge in [-0.2, -0.15) is 0 Å². The highest BCUT2D eigenvalue weighted by atomic mass is 16.5. The molecule has 1 aliphatic heterocycles. The van der Waals surface area contributed by atoms with Gasteiger partial charge in [0.1, 0.15) is 5.75 Å². The largest absolute Gasteiger partial charge is 0.497 e. The van der Waals surface area contributed by atoms with Crippen LogP contribution in [-0.4, -0.2) is 38.3 Å². The molecular formula is C14H22N2O2. The topological polar surface area (TPSA) is 47.7 Å². The molecule has 0 bridgehead atoms. The van der Waals surface area contributed by atoms with E-state index in [1.165, 1.54) is 0 Å². The number of benzene rings is 1. The average Bonchev–Trinajstić information content (AvgIpc) is 2.42. The summed E-state index contributed by atoms with van der Waals surface area (Å²) in [4.78, 5) is 2.36. The van der Waals surface area contributed by atoms with Crippen molar-refractivity contribution in [2.75, 3.05) is 33.1 Å². The van der Waals surface area contributed by atoms with Crippen LogP contribution in [0.5, 0.6) is 5.75 Å². The van der Waals surface area contributed by atoms with E-state index < -0.39 is 0 Å². The summed E-state index contributed by atoms with van der Waals surface area (Å²) in [5, 5.41) is 0. The third kappa shape index (κ3) is 3.15. The van der Waals surface area contributed by atoms with Crippen molar-refractivity contribution >= 4 is 5.69 Å². The molecule has 100 valence electrons. The number of methoxy groups -OCH3 is 1. The first kappa shape index (κ1) is 13.2. The van der Waals surface area contributed by atoms with Gasteiger partial charge in [0.2, 0.25) is 0 Å². The monoisotopic (exact) mass is 250 g/mol. The SMILES string of the molecule is COc1ccc(CN(C)C2CCOCC2)c(N)c1. The van der Waals surface area contributed by atoms with Crippen LogP contribution >= 0.6 is 0 Å². The van der Waals surface area contributed by atoms with Crippen molar-refractivity contribution in [2.45, 2.75) is 25.4 Å². The van der Waals surface area contributed by atoms with E-state index in [0.29, 0.717) is 6.04 Å². The van der Waals surface area contributed by atoms with Crippen molar-refractivity contribution < 1.29 is 9.47 Å². The van der Waals surface area contributed by atoms with E-state index in [1.54, 1.807) is 7.11 Å². The minimum absolute atomic E-state index is 0.597. The van der Waals surface area contributed by atoms with E-state index in [-0.39, 0.29) is 0 Å². The first-order valence-corrected chi connectivity index (χ1v) is 6.41. The van der Waals surface area contributed by atoms with E-state index in [2.05, 4.69) is 11.9 Å². The molecule has 0 saturated carbocycles. The summed E-state index contributed by atoms with van der Waals surface area (Å²) in [5.74, 6) is 0.810. The number of ether oxygens (including phenoxy) is 2. The molecule has 0 spiro atoms. The molecule has 0 unspecified atom stereocenters. The van der Waals surface area contributed by atoms with Gasteiger partial charge in [-0.05, 0) is 31.5 Å². The Labute approximate surface area is 109 Å². The molecule has 1 heterocycles.